The van der Waals surface area contributed by atoms with Gasteiger partial charge in [0.2, 0.25) is 0 Å². The normalized spacial score (nSPS) is 11.9. The molecule has 0 atom stereocenters. The Balaban J connectivity index is 2.50. The van der Waals surface area contributed by atoms with Crippen molar-refractivity contribution in [3.05, 3.63) is 22.4 Å². The van der Waals surface area contributed by atoms with Crippen molar-refractivity contribution in [3.8, 4) is 0 Å². The Morgan fingerprint density at radius 2 is 2.17 bits per heavy atom. The van der Waals surface area contributed by atoms with Gasteiger partial charge in [-0.05, 0) is 40.6 Å². The lowest BCUT2D eigenvalue weighted by Gasteiger charge is -2.23. The summed E-state index contributed by atoms with van der Waals surface area (Å²) >= 11 is 1.80. The van der Waals surface area contributed by atoms with Gasteiger partial charge in [0.05, 0.1) is 0 Å². The molecule has 0 bridgehead atoms. The van der Waals surface area contributed by atoms with E-state index in [0.29, 0.717) is 5.41 Å². The number of thiophene rings is 1. The van der Waals surface area contributed by atoms with Gasteiger partial charge in [-0.1, -0.05) is 27.2 Å². The minimum Gasteiger partial charge on any atom is -0.152 e. The highest BCUT2D eigenvalue weighted by Gasteiger charge is 2.16. The van der Waals surface area contributed by atoms with E-state index < -0.39 is 0 Å². The SMILES string of the molecule is CCCC(C)(C)Cc1ccsc1. The summed E-state index contributed by atoms with van der Waals surface area (Å²) in [6.07, 6.45) is 3.84. The highest BCUT2D eigenvalue weighted by molar-refractivity contribution is 7.07. The van der Waals surface area contributed by atoms with Gasteiger partial charge in [0.15, 0.2) is 0 Å². The summed E-state index contributed by atoms with van der Waals surface area (Å²) in [6.45, 7) is 6.97. The molecule has 0 aliphatic rings. The Hall–Kier alpha value is -0.300. The van der Waals surface area contributed by atoms with Gasteiger partial charge in [0.1, 0.15) is 0 Å². The lowest BCUT2D eigenvalue weighted by Crippen LogP contribution is -2.13. The lowest BCUT2D eigenvalue weighted by molar-refractivity contribution is 0.329. The summed E-state index contributed by atoms with van der Waals surface area (Å²) < 4.78 is 0. The molecule has 0 nitrogen and oxygen atoms in total. The fourth-order valence-corrected chi connectivity index (χ4v) is 2.38. The largest absolute Gasteiger partial charge is 0.152 e. The van der Waals surface area contributed by atoms with Gasteiger partial charge < -0.3 is 0 Å². The van der Waals surface area contributed by atoms with E-state index in [1.165, 1.54) is 24.8 Å². The maximum absolute atomic E-state index is 2.36. The highest BCUT2D eigenvalue weighted by Crippen LogP contribution is 2.27. The molecule has 0 aliphatic heterocycles. The monoisotopic (exact) mass is 182 g/mol. The van der Waals surface area contributed by atoms with Crippen molar-refractivity contribution in [2.24, 2.45) is 5.41 Å². The minimum absolute atomic E-state index is 0.482. The first kappa shape index (κ1) is 9.79. The second kappa shape index (κ2) is 4.08. The van der Waals surface area contributed by atoms with E-state index in [0.717, 1.165) is 0 Å². The van der Waals surface area contributed by atoms with Crippen molar-refractivity contribution in [1.29, 1.82) is 0 Å². The Morgan fingerprint density at radius 3 is 2.67 bits per heavy atom. The topological polar surface area (TPSA) is 0 Å². The first-order valence-corrected chi connectivity index (χ1v) is 5.59. The molecule has 1 heterocycles. The summed E-state index contributed by atoms with van der Waals surface area (Å²) in [4.78, 5) is 0. The van der Waals surface area contributed by atoms with Gasteiger partial charge in [-0.3, -0.25) is 0 Å². The second-order valence-electron chi connectivity index (χ2n) is 4.22. The fraction of sp³-hybridized carbons (Fsp3) is 0.636. The molecule has 0 amide bonds. The molecule has 0 N–H and O–H groups in total. The molecule has 0 saturated heterocycles. The molecule has 12 heavy (non-hydrogen) atoms. The standard InChI is InChI=1S/C11H18S/c1-4-6-11(2,3)8-10-5-7-12-9-10/h5,7,9H,4,6,8H2,1-3H3. The van der Waals surface area contributed by atoms with Crippen molar-refractivity contribution in [2.75, 3.05) is 0 Å². The van der Waals surface area contributed by atoms with E-state index in [1.807, 2.05) is 0 Å². The molecule has 1 rings (SSSR count). The molecule has 1 aromatic rings. The third kappa shape index (κ3) is 2.98. The summed E-state index contributed by atoms with van der Waals surface area (Å²) in [6, 6.07) is 2.24. The summed E-state index contributed by atoms with van der Waals surface area (Å²) in [5.74, 6) is 0. The predicted octanol–water partition coefficient (Wildman–Crippen LogP) is 4.12. The highest BCUT2D eigenvalue weighted by atomic mass is 32.1. The number of hydrogen-bond donors (Lipinski definition) is 0. The van der Waals surface area contributed by atoms with Crippen LogP contribution in [-0.2, 0) is 6.42 Å². The number of rotatable bonds is 4. The first-order chi connectivity index (χ1) is 5.64. The average molecular weight is 182 g/mol. The molecule has 0 aliphatic carbocycles. The van der Waals surface area contributed by atoms with Crippen LogP contribution >= 0.6 is 11.3 Å². The molecule has 1 heteroatoms. The quantitative estimate of drug-likeness (QED) is 0.657. The molecule has 0 aromatic carbocycles. The third-order valence-electron chi connectivity index (χ3n) is 2.19. The van der Waals surface area contributed by atoms with Gasteiger partial charge in [0.25, 0.3) is 0 Å². The Kier molecular flexibility index (Phi) is 3.33. The van der Waals surface area contributed by atoms with Gasteiger partial charge in [-0.25, -0.2) is 0 Å². The minimum atomic E-state index is 0.482. The maximum Gasteiger partial charge on any atom is -0.00611 e. The van der Waals surface area contributed by atoms with Gasteiger partial charge >= 0.3 is 0 Å². The smallest absolute Gasteiger partial charge is 0.00611 e. The zero-order valence-corrected chi connectivity index (χ0v) is 9.08. The summed E-state index contributed by atoms with van der Waals surface area (Å²) in [7, 11) is 0. The molecule has 0 spiro atoms. The van der Waals surface area contributed by atoms with Crippen LogP contribution in [0.1, 0.15) is 39.2 Å². The van der Waals surface area contributed by atoms with Crippen LogP contribution in [0.3, 0.4) is 0 Å². The van der Waals surface area contributed by atoms with E-state index in [4.69, 9.17) is 0 Å². The fourth-order valence-electron chi connectivity index (χ4n) is 1.71. The third-order valence-corrected chi connectivity index (χ3v) is 2.92. The van der Waals surface area contributed by atoms with Crippen molar-refractivity contribution in [1.82, 2.24) is 0 Å². The van der Waals surface area contributed by atoms with Crippen LogP contribution in [0.4, 0.5) is 0 Å². The Labute approximate surface area is 79.6 Å². The Morgan fingerprint density at radius 1 is 1.42 bits per heavy atom. The van der Waals surface area contributed by atoms with Crippen LogP contribution in [0.25, 0.3) is 0 Å². The van der Waals surface area contributed by atoms with Crippen molar-refractivity contribution in [3.63, 3.8) is 0 Å². The summed E-state index contributed by atoms with van der Waals surface area (Å²) in [5, 5.41) is 4.43. The zero-order valence-electron chi connectivity index (χ0n) is 8.26. The molecular weight excluding hydrogens is 164 g/mol. The maximum atomic E-state index is 2.36. The van der Waals surface area contributed by atoms with E-state index in [2.05, 4.69) is 37.6 Å². The molecule has 0 radical (unpaired) electrons. The second-order valence-corrected chi connectivity index (χ2v) is 5.00. The lowest BCUT2D eigenvalue weighted by atomic mass is 9.82. The van der Waals surface area contributed by atoms with Crippen LogP contribution in [0, 0.1) is 5.41 Å². The van der Waals surface area contributed by atoms with Crippen LogP contribution in [-0.4, -0.2) is 0 Å². The van der Waals surface area contributed by atoms with Gasteiger partial charge in [0, 0.05) is 0 Å². The average Bonchev–Trinajstić information content (AvgIpc) is 2.38. The molecule has 0 saturated carbocycles. The van der Waals surface area contributed by atoms with Crippen molar-refractivity contribution < 1.29 is 0 Å². The van der Waals surface area contributed by atoms with Crippen molar-refractivity contribution in [2.45, 2.75) is 40.0 Å². The van der Waals surface area contributed by atoms with Crippen LogP contribution in [0.5, 0.6) is 0 Å². The first-order valence-electron chi connectivity index (χ1n) is 4.65. The van der Waals surface area contributed by atoms with E-state index in [-0.39, 0.29) is 0 Å². The Bertz CT molecular complexity index is 209. The van der Waals surface area contributed by atoms with E-state index in [1.54, 1.807) is 11.3 Å². The molecule has 0 unspecified atom stereocenters. The van der Waals surface area contributed by atoms with Crippen LogP contribution in [0.2, 0.25) is 0 Å². The van der Waals surface area contributed by atoms with E-state index >= 15 is 0 Å². The van der Waals surface area contributed by atoms with Crippen LogP contribution in [0.15, 0.2) is 16.8 Å². The number of hydrogen-bond acceptors (Lipinski definition) is 1. The van der Waals surface area contributed by atoms with E-state index in [9.17, 15) is 0 Å². The van der Waals surface area contributed by atoms with Gasteiger partial charge in [-0.15, -0.1) is 0 Å². The predicted molar refractivity (Wildman–Crippen MR) is 56.7 cm³/mol. The van der Waals surface area contributed by atoms with Crippen molar-refractivity contribution >= 4 is 11.3 Å². The summed E-state index contributed by atoms with van der Waals surface area (Å²) in [5.41, 5.74) is 1.98. The van der Waals surface area contributed by atoms with Gasteiger partial charge in [-0.2, -0.15) is 11.3 Å². The zero-order chi connectivity index (χ0) is 9.03. The molecular formula is C11H18S. The van der Waals surface area contributed by atoms with Crippen LogP contribution < -0.4 is 0 Å². The molecule has 0 fully saturated rings. The molecule has 68 valence electrons. The molecule has 1 aromatic heterocycles.